The number of piperidine rings is 1. The number of rotatable bonds is 1. The number of amidine groups is 1. The number of hydrogen-bond acceptors (Lipinski definition) is 5. The van der Waals surface area contributed by atoms with E-state index in [1.807, 2.05) is 24.0 Å². The van der Waals surface area contributed by atoms with Crippen LogP contribution in [0.4, 0.5) is 10.5 Å². The molecule has 1 aromatic carbocycles. The maximum Gasteiger partial charge on any atom is 0.407 e. The van der Waals surface area contributed by atoms with E-state index in [9.17, 15) is 9.59 Å². The smallest absolute Gasteiger partial charge is 0.407 e. The predicted molar refractivity (Wildman–Crippen MR) is 98.7 cm³/mol. The van der Waals surface area contributed by atoms with Crippen molar-refractivity contribution in [2.24, 2.45) is 5.10 Å². The lowest BCUT2D eigenvalue weighted by atomic mass is 9.89. The highest BCUT2D eigenvalue weighted by Gasteiger charge is 2.36. The summed E-state index contributed by atoms with van der Waals surface area (Å²) >= 11 is 3.63. The molecule has 1 unspecified atom stereocenters. The van der Waals surface area contributed by atoms with Crippen LogP contribution in [-0.4, -0.2) is 53.6 Å². The first-order valence-electron chi connectivity index (χ1n) is 8.55. The summed E-state index contributed by atoms with van der Waals surface area (Å²) in [5.74, 6) is 1.49. The number of halogens is 1. The Morgan fingerprint density at radius 2 is 2.12 bits per heavy atom. The van der Waals surface area contributed by atoms with Gasteiger partial charge in [-0.15, -0.1) is 0 Å². The van der Waals surface area contributed by atoms with E-state index in [2.05, 4.69) is 26.5 Å². The van der Waals surface area contributed by atoms with E-state index < -0.39 is 6.09 Å². The van der Waals surface area contributed by atoms with Crippen LogP contribution in [-0.2, 0) is 4.79 Å². The molecule has 4 rings (SSSR count). The van der Waals surface area contributed by atoms with Gasteiger partial charge in [-0.3, -0.25) is 4.79 Å². The van der Waals surface area contributed by atoms with E-state index in [-0.39, 0.29) is 17.9 Å². The average molecular weight is 423 g/mol. The number of amides is 2. The zero-order chi connectivity index (χ0) is 18.4. The number of carboxylic acid groups (broad SMARTS) is 1. The molecule has 0 spiro atoms. The third-order valence-corrected chi connectivity index (χ3v) is 5.93. The first-order chi connectivity index (χ1) is 12.5. The Bertz CT molecular complexity index is 804. The van der Waals surface area contributed by atoms with Crippen molar-refractivity contribution < 1.29 is 19.4 Å². The predicted octanol–water partition coefficient (Wildman–Crippen LogP) is 2.34. The lowest BCUT2D eigenvalue weighted by Gasteiger charge is -2.39. The van der Waals surface area contributed by atoms with Crippen LogP contribution in [0.1, 0.15) is 31.2 Å². The van der Waals surface area contributed by atoms with Gasteiger partial charge in [0.2, 0.25) is 0 Å². The first kappa shape index (κ1) is 17.1. The molecule has 0 aromatic heterocycles. The molecular formula is C17H19BrN4O4. The van der Waals surface area contributed by atoms with Gasteiger partial charge >= 0.3 is 6.09 Å². The molecule has 0 saturated carbocycles. The maximum atomic E-state index is 12.0. The van der Waals surface area contributed by atoms with Gasteiger partial charge in [0, 0.05) is 17.6 Å². The Labute approximate surface area is 158 Å². The number of hydrazone groups is 1. The molecule has 0 aliphatic carbocycles. The van der Waals surface area contributed by atoms with Gasteiger partial charge in [-0.2, -0.15) is 5.10 Å². The van der Waals surface area contributed by atoms with Crippen LogP contribution in [0.15, 0.2) is 21.7 Å². The van der Waals surface area contributed by atoms with Crippen molar-refractivity contribution in [2.45, 2.75) is 31.7 Å². The Morgan fingerprint density at radius 3 is 2.81 bits per heavy atom. The summed E-state index contributed by atoms with van der Waals surface area (Å²) in [6.45, 7) is 3.19. The number of fused-ring (bicyclic) bond motifs is 3. The molecule has 1 aromatic rings. The molecule has 0 radical (unpaired) electrons. The number of nitrogens with one attached hydrogen (secondary N) is 1. The average Bonchev–Trinajstić information content (AvgIpc) is 2.64. The molecule has 1 fully saturated rings. The van der Waals surface area contributed by atoms with Gasteiger partial charge in [-0.05, 0) is 43.4 Å². The normalized spacial score (nSPS) is 22.8. The fraction of sp³-hybridized carbons (Fsp3) is 0.471. The van der Waals surface area contributed by atoms with Gasteiger partial charge in [0.05, 0.1) is 5.69 Å². The summed E-state index contributed by atoms with van der Waals surface area (Å²) < 4.78 is 6.75. The third kappa shape index (κ3) is 2.80. The van der Waals surface area contributed by atoms with Crippen molar-refractivity contribution in [1.82, 2.24) is 10.3 Å². The number of hydrogen-bond donors (Lipinski definition) is 2. The van der Waals surface area contributed by atoms with Crippen LogP contribution in [0.25, 0.3) is 0 Å². The Kier molecular flexibility index (Phi) is 4.26. The minimum absolute atomic E-state index is 0.152. The zero-order valence-electron chi connectivity index (χ0n) is 14.2. The van der Waals surface area contributed by atoms with E-state index >= 15 is 0 Å². The fourth-order valence-electron chi connectivity index (χ4n) is 3.76. The summed E-state index contributed by atoms with van der Waals surface area (Å²) in [6, 6.07) is 3.61. The van der Waals surface area contributed by atoms with Gasteiger partial charge in [0.15, 0.2) is 5.84 Å². The number of ether oxygens (including phenoxy) is 1. The van der Waals surface area contributed by atoms with E-state index in [1.165, 1.54) is 4.90 Å². The standard InChI is InChI=1S/C17H19BrN4O4/c1-9-16(23)20-19-15-8-26-14-7-12(18)11(6-13(14)22(9)15)10-2-4-21(5-3-10)17(24)25/h6-7,9-10H,2-5,8H2,1H3,(H,20,23)(H,24,25). The number of likely N-dealkylation sites (tertiary alicyclic amines) is 1. The minimum atomic E-state index is -0.865. The van der Waals surface area contributed by atoms with Gasteiger partial charge in [0.1, 0.15) is 18.4 Å². The van der Waals surface area contributed by atoms with E-state index in [0.717, 1.165) is 28.6 Å². The van der Waals surface area contributed by atoms with Gasteiger partial charge in [-0.1, -0.05) is 15.9 Å². The first-order valence-corrected chi connectivity index (χ1v) is 9.34. The Morgan fingerprint density at radius 1 is 1.38 bits per heavy atom. The number of nitrogens with zero attached hydrogens (tertiary/aromatic N) is 3. The van der Waals surface area contributed by atoms with Crippen molar-refractivity contribution in [1.29, 1.82) is 0 Å². The zero-order valence-corrected chi connectivity index (χ0v) is 15.8. The Hall–Kier alpha value is -2.29. The highest BCUT2D eigenvalue weighted by Crippen LogP contribution is 2.43. The third-order valence-electron chi connectivity index (χ3n) is 5.24. The number of anilines is 1. The second-order valence-electron chi connectivity index (χ2n) is 6.72. The lowest BCUT2D eigenvalue weighted by Crippen LogP contribution is -2.55. The molecule has 3 heterocycles. The van der Waals surface area contributed by atoms with Crippen molar-refractivity contribution in [3.63, 3.8) is 0 Å². The SMILES string of the molecule is CC1C(=O)NN=C2COc3cc(Br)c(C4CCN(C(=O)O)CC4)cc3N21. The van der Waals surface area contributed by atoms with Crippen LogP contribution in [0.3, 0.4) is 0 Å². The van der Waals surface area contributed by atoms with E-state index in [0.29, 0.717) is 31.3 Å². The molecule has 2 N–H and O–H groups in total. The largest absolute Gasteiger partial charge is 0.483 e. The summed E-state index contributed by atoms with van der Waals surface area (Å²) in [7, 11) is 0. The minimum Gasteiger partial charge on any atom is -0.483 e. The van der Waals surface area contributed by atoms with Crippen LogP contribution in [0, 0.1) is 0 Å². The summed E-state index contributed by atoms with van der Waals surface area (Å²) in [5, 5.41) is 13.2. The van der Waals surface area contributed by atoms with Crippen LogP contribution in [0.2, 0.25) is 0 Å². The highest BCUT2D eigenvalue weighted by atomic mass is 79.9. The quantitative estimate of drug-likeness (QED) is 0.723. The molecule has 26 heavy (non-hydrogen) atoms. The fourth-order valence-corrected chi connectivity index (χ4v) is 4.40. The topological polar surface area (TPSA) is 94.5 Å². The van der Waals surface area contributed by atoms with Crippen molar-refractivity contribution >= 4 is 39.5 Å². The summed E-state index contributed by atoms with van der Waals surface area (Å²) in [6.07, 6.45) is 0.665. The molecule has 2 amide bonds. The molecule has 8 nitrogen and oxygen atoms in total. The molecule has 1 saturated heterocycles. The molecule has 9 heteroatoms. The number of benzene rings is 1. The van der Waals surface area contributed by atoms with E-state index in [4.69, 9.17) is 9.84 Å². The van der Waals surface area contributed by atoms with Crippen LogP contribution < -0.4 is 15.1 Å². The van der Waals surface area contributed by atoms with Gasteiger partial charge < -0.3 is 19.6 Å². The lowest BCUT2D eigenvalue weighted by molar-refractivity contribution is -0.122. The second kappa shape index (κ2) is 6.46. The van der Waals surface area contributed by atoms with Gasteiger partial charge in [-0.25, -0.2) is 10.2 Å². The molecular weight excluding hydrogens is 404 g/mol. The van der Waals surface area contributed by atoms with Crippen molar-refractivity contribution in [3.8, 4) is 5.75 Å². The molecule has 1 atom stereocenters. The maximum absolute atomic E-state index is 12.0. The van der Waals surface area contributed by atoms with Crippen molar-refractivity contribution in [3.05, 3.63) is 22.2 Å². The van der Waals surface area contributed by atoms with Crippen molar-refractivity contribution in [2.75, 3.05) is 24.6 Å². The van der Waals surface area contributed by atoms with E-state index in [1.54, 1.807) is 0 Å². The summed E-state index contributed by atoms with van der Waals surface area (Å²) in [5.41, 5.74) is 4.46. The van der Waals surface area contributed by atoms with Crippen LogP contribution in [0.5, 0.6) is 5.75 Å². The second-order valence-corrected chi connectivity index (χ2v) is 7.58. The number of carbonyl (C=O) groups excluding carboxylic acids is 1. The van der Waals surface area contributed by atoms with Crippen LogP contribution >= 0.6 is 15.9 Å². The molecule has 3 aliphatic rings. The summed E-state index contributed by atoms with van der Waals surface area (Å²) in [4.78, 5) is 26.5. The molecule has 0 bridgehead atoms. The van der Waals surface area contributed by atoms with Gasteiger partial charge in [0.25, 0.3) is 5.91 Å². The highest BCUT2D eigenvalue weighted by molar-refractivity contribution is 9.10. The molecule has 138 valence electrons. The number of carbonyl (C=O) groups is 2. The Balaban J connectivity index is 1.67. The molecule has 3 aliphatic heterocycles. The monoisotopic (exact) mass is 422 g/mol.